The molecule has 1 fully saturated rings. The third kappa shape index (κ3) is 23.0. The van der Waals surface area contributed by atoms with Gasteiger partial charge in [-0.15, -0.1) is 0 Å². The van der Waals surface area contributed by atoms with Crippen molar-refractivity contribution < 1.29 is 38.1 Å². The third-order valence-electron chi connectivity index (χ3n) is 12.3. The van der Waals surface area contributed by atoms with Crippen molar-refractivity contribution >= 4 is 23.6 Å². The summed E-state index contributed by atoms with van der Waals surface area (Å²) in [6.45, 7) is 9.81. The normalized spacial score (nSPS) is 14.6. The number of nitrogens with one attached hydrogen (secondary N) is 4. The predicted molar refractivity (Wildman–Crippen MR) is 279 cm³/mol. The van der Waals surface area contributed by atoms with Gasteiger partial charge in [-0.1, -0.05) is 26.7 Å². The van der Waals surface area contributed by atoms with Crippen molar-refractivity contribution in [2.24, 2.45) is 28.9 Å². The second-order valence-corrected chi connectivity index (χ2v) is 19.2. The molecular weight excluding hydrogens is 891 g/mol. The lowest BCUT2D eigenvalue weighted by Crippen LogP contribution is -2.44. The number of unbranched alkanes of at least 4 members (excludes halogenated alkanes) is 9. The van der Waals surface area contributed by atoms with E-state index in [4.69, 9.17) is 41.9 Å². The number of likely N-dealkylation sites (N-methyl/N-ethyl adjacent to an activating group) is 1. The minimum absolute atomic E-state index is 0.194. The van der Waals surface area contributed by atoms with Gasteiger partial charge in [0.2, 0.25) is 0 Å². The van der Waals surface area contributed by atoms with Crippen LogP contribution in [0.3, 0.4) is 0 Å². The van der Waals surface area contributed by atoms with E-state index in [1.54, 1.807) is 24.3 Å². The number of carbonyl (C=O) groups excluding carboxylic acids is 4. The van der Waals surface area contributed by atoms with Crippen LogP contribution in [0.1, 0.15) is 177 Å². The number of nitrogens with zero attached hydrogens (tertiary/aromatic N) is 1. The third-order valence-corrected chi connectivity index (χ3v) is 12.3. The first-order valence-electron chi connectivity index (χ1n) is 26.4. The smallest absolute Gasteiger partial charge is 0.255 e. The number of ether oxygens (including phenoxy) is 4. The van der Waals surface area contributed by atoms with Crippen molar-refractivity contribution in [3.8, 4) is 23.0 Å². The van der Waals surface area contributed by atoms with Crippen LogP contribution in [0.2, 0.25) is 0 Å². The summed E-state index contributed by atoms with van der Waals surface area (Å²) in [7, 11) is 3.86. The second kappa shape index (κ2) is 35.4. The SMILES string of the molecule is CC(C)CCCCNC(=O)c1cc(C(=O)NC2CCC(NC(=O)c3cc(C(=O)NCCN(C)C)c(OCCCCCN)cc3OCCCCCN)CC2)c(OCCCCCN)cc1OCCCCCN. The molecule has 0 radical (unpaired) electrons. The molecule has 1 aliphatic rings. The zero-order chi connectivity index (χ0) is 50.9. The molecule has 3 rings (SSSR count). The first-order valence-corrected chi connectivity index (χ1v) is 26.4. The molecule has 2 aromatic carbocycles. The van der Waals surface area contributed by atoms with E-state index in [-0.39, 0.29) is 58.0 Å². The summed E-state index contributed by atoms with van der Waals surface area (Å²) < 4.78 is 24.9. The van der Waals surface area contributed by atoms with Crippen LogP contribution in [-0.2, 0) is 0 Å². The average Bonchev–Trinajstić information content (AvgIpc) is 3.33. The maximum atomic E-state index is 14.3. The molecule has 0 saturated heterocycles. The minimum Gasteiger partial charge on any atom is -0.493 e. The molecule has 1 saturated carbocycles. The van der Waals surface area contributed by atoms with Gasteiger partial charge in [-0.25, -0.2) is 0 Å². The predicted octanol–water partition coefficient (Wildman–Crippen LogP) is 6.04. The molecule has 17 heteroatoms. The Balaban J connectivity index is 1.83. The van der Waals surface area contributed by atoms with Crippen molar-refractivity contribution in [3.05, 3.63) is 46.5 Å². The Hall–Kier alpha value is -4.68. The van der Waals surface area contributed by atoms with Gasteiger partial charge in [0.05, 0.1) is 48.7 Å². The molecular formula is C53H91N9O8. The molecule has 0 bridgehead atoms. The monoisotopic (exact) mass is 982 g/mol. The fourth-order valence-electron chi connectivity index (χ4n) is 8.10. The Morgan fingerprint density at radius 1 is 0.486 bits per heavy atom. The number of amides is 4. The molecule has 0 aliphatic heterocycles. The van der Waals surface area contributed by atoms with Gasteiger partial charge >= 0.3 is 0 Å². The van der Waals surface area contributed by atoms with Crippen molar-refractivity contribution in [2.75, 3.05) is 86.3 Å². The molecule has 0 unspecified atom stereocenters. The van der Waals surface area contributed by atoms with Crippen LogP contribution in [0.15, 0.2) is 24.3 Å². The molecule has 0 atom stereocenters. The molecule has 0 heterocycles. The van der Waals surface area contributed by atoms with E-state index in [9.17, 15) is 19.2 Å². The molecule has 2 aromatic rings. The zero-order valence-corrected chi connectivity index (χ0v) is 43.3. The fraction of sp³-hybridized carbons (Fsp3) is 0.698. The highest BCUT2D eigenvalue weighted by Gasteiger charge is 2.29. The van der Waals surface area contributed by atoms with E-state index in [1.165, 1.54) is 0 Å². The zero-order valence-electron chi connectivity index (χ0n) is 43.3. The Morgan fingerprint density at radius 3 is 1.16 bits per heavy atom. The van der Waals surface area contributed by atoms with E-state index >= 15 is 0 Å². The number of benzene rings is 2. The van der Waals surface area contributed by atoms with Crippen LogP contribution in [0.5, 0.6) is 23.0 Å². The molecule has 70 heavy (non-hydrogen) atoms. The highest BCUT2D eigenvalue weighted by atomic mass is 16.5. The average molecular weight is 982 g/mol. The lowest BCUT2D eigenvalue weighted by atomic mass is 9.90. The van der Waals surface area contributed by atoms with Gasteiger partial charge in [0.1, 0.15) is 23.0 Å². The number of carbonyl (C=O) groups is 4. The first-order chi connectivity index (χ1) is 33.9. The molecule has 396 valence electrons. The lowest BCUT2D eigenvalue weighted by Gasteiger charge is -2.30. The number of hydrogen-bond acceptors (Lipinski definition) is 13. The van der Waals surface area contributed by atoms with Crippen LogP contribution in [-0.4, -0.2) is 127 Å². The van der Waals surface area contributed by atoms with Gasteiger partial charge < -0.3 is 68.0 Å². The maximum absolute atomic E-state index is 14.3. The summed E-state index contributed by atoms with van der Waals surface area (Å²) in [5.74, 6) is 0.637. The number of hydrogen-bond donors (Lipinski definition) is 8. The number of nitrogens with two attached hydrogens (primary N) is 4. The highest BCUT2D eigenvalue weighted by Crippen LogP contribution is 2.33. The van der Waals surface area contributed by atoms with Crippen LogP contribution < -0.4 is 63.1 Å². The van der Waals surface area contributed by atoms with Gasteiger partial charge in [0.25, 0.3) is 23.6 Å². The minimum atomic E-state index is -0.359. The van der Waals surface area contributed by atoms with Crippen molar-refractivity contribution in [2.45, 2.75) is 148 Å². The lowest BCUT2D eigenvalue weighted by molar-refractivity contribution is 0.0885. The topological polar surface area (TPSA) is 261 Å². The Morgan fingerprint density at radius 2 is 0.829 bits per heavy atom. The van der Waals surface area contributed by atoms with E-state index < -0.39 is 0 Å². The highest BCUT2D eigenvalue weighted by molar-refractivity contribution is 6.04. The van der Waals surface area contributed by atoms with Gasteiger partial charge in [-0.2, -0.15) is 0 Å². The van der Waals surface area contributed by atoms with E-state index in [0.717, 1.165) is 96.3 Å². The van der Waals surface area contributed by atoms with Gasteiger partial charge in [-0.05, 0) is 167 Å². The van der Waals surface area contributed by atoms with Crippen LogP contribution in [0.25, 0.3) is 0 Å². The van der Waals surface area contributed by atoms with E-state index in [1.807, 2.05) is 19.0 Å². The molecule has 4 amide bonds. The van der Waals surface area contributed by atoms with Gasteiger partial charge in [-0.3, -0.25) is 19.2 Å². The summed E-state index contributed by atoms with van der Waals surface area (Å²) in [4.78, 5) is 57.9. The van der Waals surface area contributed by atoms with Crippen LogP contribution in [0.4, 0.5) is 0 Å². The quantitative estimate of drug-likeness (QED) is 0.0358. The summed E-state index contributed by atoms with van der Waals surface area (Å²) >= 11 is 0. The molecule has 0 aromatic heterocycles. The second-order valence-electron chi connectivity index (χ2n) is 19.2. The maximum Gasteiger partial charge on any atom is 0.255 e. The van der Waals surface area contributed by atoms with Crippen LogP contribution in [0, 0.1) is 5.92 Å². The van der Waals surface area contributed by atoms with E-state index in [0.29, 0.717) is 127 Å². The van der Waals surface area contributed by atoms with E-state index in [2.05, 4.69) is 35.1 Å². The fourth-order valence-corrected chi connectivity index (χ4v) is 8.10. The first kappa shape index (κ1) is 59.6. The van der Waals surface area contributed by atoms with Crippen molar-refractivity contribution in [1.29, 1.82) is 0 Å². The Bertz CT molecular complexity index is 1820. The van der Waals surface area contributed by atoms with Gasteiger partial charge in [0, 0.05) is 43.9 Å². The molecule has 12 N–H and O–H groups in total. The Labute approximate surface area is 419 Å². The molecule has 17 nitrogen and oxygen atoms in total. The number of rotatable bonds is 38. The van der Waals surface area contributed by atoms with Crippen molar-refractivity contribution in [1.82, 2.24) is 26.2 Å². The Kier molecular flexibility index (Phi) is 30.2. The molecule has 1 aliphatic carbocycles. The summed E-state index contributed by atoms with van der Waals surface area (Å²) in [5.41, 5.74) is 23.9. The standard InChI is InChI=1S/C53H91N9O8/c1-39(2)19-9-14-28-58-50(63)42-35-44(48(69-33-17-7-12-26-56)37-46(42)67-31-15-5-10-24-54)52(65)60-40-20-22-41(23-21-40)61-53(66)45-36-43(51(64)59-29-30-62(3)4)47(68-32-16-6-11-25-55)38-49(45)70-34-18-8-13-27-57/h35-41H,5-34,54-57H2,1-4H3,(H,58,63)(H,59,64)(H,60,65)(H,61,66). The molecule has 0 spiro atoms. The van der Waals surface area contributed by atoms with Gasteiger partial charge in [0.15, 0.2) is 0 Å². The summed E-state index contributed by atoms with van der Waals surface area (Å²) in [5, 5.41) is 12.4. The van der Waals surface area contributed by atoms with Crippen LogP contribution >= 0.6 is 0 Å². The largest absolute Gasteiger partial charge is 0.493 e. The van der Waals surface area contributed by atoms with Crippen molar-refractivity contribution in [3.63, 3.8) is 0 Å². The summed E-state index contributed by atoms with van der Waals surface area (Å²) in [6.07, 6.45) is 15.4. The summed E-state index contributed by atoms with van der Waals surface area (Å²) in [6, 6.07) is 6.13.